The lowest BCUT2D eigenvalue weighted by molar-refractivity contribution is -0.132. The molecule has 0 radical (unpaired) electrons. The van der Waals surface area contributed by atoms with Crippen LogP contribution in [0.1, 0.15) is 51.4 Å². The number of amides is 3. The number of nitrogens with zero attached hydrogens (tertiary/aromatic N) is 6. The van der Waals surface area contributed by atoms with Crippen molar-refractivity contribution < 1.29 is 23.9 Å². The highest BCUT2D eigenvalue weighted by atomic mass is 19.1. The number of pyridine rings is 1. The molecule has 1 aromatic heterocycles. The van der Waals surface area contributed by atoms with Crippen molar-refractivity contribution in [3.63, 3.8) is 0 Å². The van der Waals surface area contributed by atoms with Gasteiger partial charge in [0.25, 0.3) is 0 Å². The maximum atomic E-state index is 14.0. The molecule has 4 heterocycles. The minimum absolute atomic E-state index is 0.0389. The summed E-state index contributed by atoms with van der Waals surface area (Å²) < 4.78 is 13.4. The number of carbonyl (C=O) groups excluding carboxylic acids is 2. The summed E-state index contributed by atoms with van der Waals surface area (Å²) in [6.45, 7) is 13.8. The molecule has 3 atom stereocenters. The summed E-state index contributed by atoms with van der Waals surface area (Å²) >= 11 is 0. The number of benzene rings is 1. The topological polar surface area (TPSA) is 101 Å². The molecule has 232 valence electrons. The van der Waals surface area contributed by atoms with E-state index in [-0.39, 0.29) is 47.7 Å². The van der Waals surface area contributed by atoms with Gasteiger partial charge in [-0.1, -0.05) is 26.0 Å². The molecular formula is C32H43FN6O4. The first kappa shape index (κ1) is 30.9. The number of carboxylic acid groups (broad SMARTS) is 1. The Morgan fingerprint density at radius 1 is 1.00 bits per heavy atom. The Bertz CT molecular complexity index is 1370. The Kier molecular flexibility index (Phi) is 8.76. The zero-order valence-electron chi connectivity index (χ0n) is 25.8. The fraction of sp³-hybridized carbons (Fsp3) is 0.562. The van der Waals surface area contributed by atoms with Gasteiger partial charge < -0.3 is 19.8 Å². The first-order chi connectivity index (χ1) is 20.3. The molecule has 43 heavy (non-hydrogen) atoms. The highest BCUT2D eigenvalue weighted by Crippen LogP contribution is 2.40. The Labute approximate surface area is 253 Å². The molecule has 3 aliphatic heterocycles. The summed E-state index contributed by atoms with van der Waals surface area (Å²) in [5.41, 5.74) is 3.27. The molecule has 1 N–H and O–H groups in total. The van der Waals surface area contributed by atoms with Gasteiger partial charge in [0.2, 0.25) is 11.8 Å². The van der Waals surface area contributed by atoms with Gasteiger partial charge in [0.15, 0.2) is 0 Å². The van der Waals surface area contributed by atoms with E-state index in [1.54, 1.807) is 19.1 Å². The van der Waals surface area contributed by atoms with Gasteiger partial charge in [-0.15, -0.1) is 0 Å². The molecule has 1 unspecified atom stereocenters. The second kappa shape index (κ2) is 12.2. The number of halogens is 1. The lowest BCUT2D eigenvalue weighted by Crippen LogP contribution is -2.64. The smallest absolute Gasteiger partial charge is 0.407 e. The van der Waals surface area contributed by atoms with E-state index in [1.807, 2.05) is 29.0 Å². The van der Waals surface area contributed by atoms with Crippen molar-refractivity contribution in [2.45, 2.75) is 64.6 Å². The standard InChI is InChI=1S/C32H43FN6O4/c1-21-15-36(23(3)40)11-10-35(21)17-27-18-38(31(42)43)22(2)16-37(27)19-29(41)39-20-32(4,5)30-28(39)13-25(14-34-30)12-24-6-8-26(33)9-7-24/h6-9,13-14,21-22,27H,10-12,15-20H2,1-5H3,(H,42,43)/t21?,22-,27+/m1/s1. The predicted molar refractivity (Wildman–Crippen MR) is 162 cm³/mol. The lowest BCUT2D eigenvalue weighted by Gasteiger charge is -2.48. The van der Waals surface area contributed by atoms with Crippen LogP contribution in [-0.4, -0.2) is 118 Å². The molecule has 3 aliphatic rings. The van der Waals surface area contributed by atoms with Gasteiger partial charge >= 0.3 is 6.09 Å². The first-order valence-electron chi connectivity index (χ1n) is 15.1. The van der Waals surface area contributed by atoms with Crippen LogP contribution in [0.2, 0.25) is 0 Å². The van der Waals surface area contributed by atoms with Crippen LogP contribution in [0.4, 0.5) is 14.9 Å². The van der Waals surface area contributed by atoms with Crippen LogP contribution in [0.25, 0.3) is 0 Å². The number of piperazine rings is 2. The van der Waals surface area contributed by atoms with Gasteiger partial charge in [-0.05, 0) is 49.6 Å². The molecule has 0 bridgehead atoms. The molecule has 10 nitrogen and oxygen atoms in total. The maximum Gasteiger partial charge on any atom is 0.407 e. The predicted octanol–water partition coefficient (Wildman–Crippen LogP) is 3.04. The van der Waals surface area contributed by atoms with E-state index >= 15 is 0 Å². The normalized spacial score (nSPS) is 24.2. The third kappa shape index (κ3) is 6.67. The zero-order valence-corrected chi connectivity index (χ0v) is 25.8. The molecule has 11 heteroatoms. The van der Waals surface area contributed by atoms with E-state index in [0.717, 1.165) is 22.5 Å². The summed E-state index contributed by atoms with van der Waals surface area (Å²) in [5, 5.41) is 9.88. The number of aromatic nitrogens is 1. The lowest BCUT2D eigenvalue weighted by atomic mass is 9.91. The summed E-state index contributed by atoms with van der Waals surface area (Å²) in [4.78, 5) is 52.4. The number of fused-ring (bicyclic) bond motifs is 1. The zero-order chi connectivity index (χ0) is 31.1. The Hall–Kier alpha value is -3.57. The van der Waals surface area contributed by atoms with Crippen molar-refractivity contribution in [1.29, 1.82) is 0 Å². The fourth-order valence-electron chi connectivity index (χ4n) is 6.76. The molecule has 0 spiro atoms. The molecular weight excluding hydrogens is 551 g/mol. The Morgan fingerprint density at radius 3 is 2.37 bits per heavy atom. The van der Waals surface area contributed by atoms with E-state index in [1.165, 1.54) is 17.0 Å². The van der Waals surface area contributed by atoms with Crippen molar-refractivity contribution in [2.24, 2.45) is 0 Å². The third-order valence-corrected chi connectivity index (χ3v) is 9.23. The Balaban J connectivity index is 1.34. The van der Waals surface area contributed by atoms with Gasteiger partial charge in [-0.25, -0.2) is 9.18 Å². The van der Waals surface area contributed by atoms with Gasteiger partial charge in [0.05, 0.1) is 17.9 Å². The molecule has 2 saturated heterocycles. The fourth-order valence-corrected chi connectivity index (χ4v) is 6.76. The summed E-state index contributed by atoms with van der Waals surface area (Å²) in [7, 11) is 0. The van der Waals surface area contributed by atoms with Crippen molar-refractivity contribution in [2.75, 3.05) is 57.3 Å². The van der Waals surface area contributed by atoms with E-state index in [9.17, 15) is 23.9 Å². The Morgan fingerprint density at radius 2 is 1.72 bits per heavy atom. The summed E-state index contributed by atoms with van der Waals surface area (Å²) in [6, 6.07) is 8.14. The maximum absolute atomic E-state index is 14.0. The molecule has 2 aromatic rings. The summed E-state index contributed by atoms with van der Waals surface area (Å²) in [6.07, 6.45) is 1.47. The van der Waals surface area contributed by atoms with Crippen LogP contribution in [0.3, 0.4) is 0 Å². The molecule has 0 aliphatic carbocycles. The highest BCUT2D eigenvalue weighted by molar-refractivity contribution is 5.97. The van der Waals surface area contributed by atoms with Crippen LogP contribution in [-0.2, 0) is 21.4 Å². The second-order valence-corrected chi connectivity index (χ2v) is 13.1. The van der Waals surface area contributed by atoms with E-state index in [4.69, 9.17) is 4.98 Å². The van der Waals surface area contributed by atoms with Crippen molar-refractivity contribution in [3.8, 4) is 0 Å². The van der Waals surface area contributed by atoms with E-state index in [0.29, 0.717) is 52.2 Å². The largest absolute Gasteiger partial charge is 0.465 e. The molecule has 0 saturated carbocycles. The van der Waals surface area contributed by atoms with Gasteiger partial charge in [-0.3, -0.25) is 24.4 Å². The van der Waals surface area contributed by atoms with Crippen molar-refractivity contribution >= 4 is 23.6 Å². The highest BCUT2D eigenvalue weighted by Gasteiger charge is 2.42. The number of rotatable bonds is 6. The average molecular weight is 595 g/mol. The van der Waals surface area contributed by atoms with Crippen LogP contribution < -0.4 is 4.90 Å². The second-order valence-electron chi connectivity index (χ2n) is 13.1. The van der Waals surface area contributed by atoms with Crippen LogP contribution in [0.5, 0.6) is 0 Å². The minimum Gasteiger partial charge on any atom is -0.465 e. The van der Waals surface area contributed by atoms with Gasteiger partial charge in [-0.2, -0.15) is 0 Å². The molecule has 2 fully saturated rings. The van der Waals surface area contributed by atoms with Crippen LogP contribution >= 0.6 is 0 Å². The van der Waals surface area contributed by atoms with E-state index in [2.05, 4.69) is 30.6 Å². The number of hydrogen-bond acceptors (Lipinski definition) is 6. The van der Waals surface area contributed by atoms with Crippen LogP contribution in [0, 0.1) is 5.82 Å². The van der Waals surface area contributed by atoms with Crippen molar-refractivity contribution in [3.05, 3.63) is 59.2 Å². The first-order valence-corrected chi connectivity index (χ1v) is 15.1. The average Bonchev–Trinajstić information content (AvgIpc) is 3.22. The molecule has 3 amide bonds. The summed E-state index contributed by atoms with van der Waals surface area (Å²) in [5.74, 6) is -0.256. The molecule has 1 aromatic carbocycles. The van der Waals surface area contributed by atoms with Crippen LogP contribution in [0.15, 0.2) is 36.5 Å². The number of carbonyl (C=O) groups is 3. The van der Waals surface area contributed by atoms with E-state index < -0.39 is 6.09 Å². The molecule has 5 rings (SSSR count). The third-order valence-electron chi connectivity index (χ3n) is 9.23. The quantitative estimate of drug-likeness (QED) is 0.549. The van der Waals surface area contributed by atoms with Gasteiger partial charge in [0.1, 0.15) is 5.82 Å². The monoisotopic (exact) mass is 594 g/mol. The van der Waals surface area contributed by atoms with Crippen molar-refractivity contribution in [1.82, 2.24) is 24.6 Å². The number of hydrogen-bond donors (Lipinski definition) is 1. The van der Waals surface area contributed by atoms with Gasteiger partial charge in [0, 0.05) is 82.5 Å². The number of anilines is 1. The SMILES string of the molecule is CC(=O)N1CCN(C[C@H]2CN(C(=O)O)[C@H](C)CN2CC(=O)N2CC(C)(C)c3ncc(Cc4ccc(F)cc4)cc32)C(C)C1. The minimum atomic E-state index is -0.951.